The summed E-state index contributed by atoms with van der Waals surface area (Å²) in [4.78, 5) is 27.2. The number of nitrogens with one attached hydrogen (secondary N) is 2. The minimum atomic E-state index is -2.36. The van der Waals surface area contributed by atoms with Gasteiger partial charge in [0.1, 0.15) is 5.69 Å². The third-order valence-corrected chi connectivity index (χ3v) is 3.68. The molecule has 2 N–H and O–H groups in total. The van der Waals surface area contributed by atoms with E-state index in [4.69, 9.17) is 0 Å². The Morgan fingerprint density at radius 2 is 2.10 bits per heavy atom. The summed E-state index contributed by atoms with van der Waals surface area (Å²) in [5.41, 5.74) is 0.447. The number of rotatable bonds is 3. The van der Waals surface area contributed by atoms with Crippen molar-refractivity contribution in [3.63, 3.8) is 0 Å². The molecule has 2 heterocycles. The second-order valence-electron chi connectivity index (χ2n) is 5.10. The van der Waals surface area contributed by atoms with Crippen LogP contribution < -0.4 is 11.2 Å². The molecule has 0 spiro atoms. The number of aryl methyl sites for hydroxylation is 1. The zero-order valence-electron chi connectivity index (χ0n) is 11.1. The van der Waals surface area contributed by atoms with Crippen LogP contribution in [0.5, 0.6) is 0 Å². The van der Waals surface area contributed by atoms with Gasteiger partial charge >= 0.3 is 5.69 Å². The van der Waals surface area contributed by atoms with Gasteiger partial charge < -0.3 is 4.98 Å². The molecule has 2 aromatic rings. The van der Waals surface area contributed by atoms with Gasteiger partial charge in [-0.2, -0.15) is 5.10 Å². The molecular formula is C13H12F2N4O2. The van der Waals surface area contributed by atoms with Crippen LogP contribution in [0.4, 0.5) is 8.78 Å². The van der Waals surface area contributed by atoms with Crippen LogP contribution in [-0.2, 0) is 0 Å². The molecule has 0 bridgehead atoms. The lowest BCUT2D eigenvalue weighted by Gasteiger charge is -2.06. The number of H-pyrrole nitrogens is 2. The Labute approximate surface area is 117 Å². The van der Waals surface area contributed by atoms with Gasteiger partial charge in [-0.05, 0) is 30.9 Å². The molecule has 0 aromatic carbocycles. The zero-order valence-corrected chi connectivity index (χ0v) is 11.1. The molecular weight excluding hydrogens is 282 g/mol. The van der Waals surface area contributed by atoms with Crippen molar-refractivity contribution in [2.75, 3.05) is 0 Å². The third-order valence-electron chi connectivity index (χ3n) is 3.68. The summed E-state index contributed by atoms with van der Waals surface area (Å²) < 4.78 is 25.4. The van der Waals surface area contributed by atoms with Crippen LogP contribution in [0.1, 0.15) is 23.6 Å². The molecule has 0 aliphatic heterocycles. The molecule has 6 nitrogen and oxygen atoms in total. The van der Waals surface area contributed by atoms with E-state index in [0.717, 1.165) is 0 Å². The van der Waals surface area contributed by atoms with Gasteiger partial charge in [-0.25, -0.2) is 13.6 Å². The van der Waals surface area contributed by atoms with Crippen LogP contribution in [0, 0.1) is 12.8 Å². The third kappa shape index (κ3) is 2.48. The van der Waals surface area contributed by atoms with Gasteiger partial charge in [-0.1, -0.05) is 0 Å². The predicted octanol–water partition coefficient (Wildman–Crippen LogP) is 1.20. The molecule has 1 fully saturated rings. The molecule has 0 saturated heterocycles. The van der Waals surface area contributed by atoms with Crippen LogP contribution in [0.3, 0.4) is 0 Å². The number of aromatic amines is 2. The summed E-state index contributed by atoms with van der Waals surface area (Å²) in [6.45, 7) is 1.70. The van der Waals surface area contributed by atoms with Gasteiger partial charge in [0.2, 0.25) is 6.43 Å². The summed E-state index contributed by atoms with van der Waals surface area (Å²) in [5, 5.41) is 7.83. The Kier molecular flexibility index (Phi) is 3.15. The highest BCUT2D eigenvalue weighted by molar-refractivity contribution is 5.57. The summed E-state index contributed by atoms with van der Waals surface area (Å²) in [6.07, 6.45) is -0.713. The normalized spacial score (nSPS) is 20.8. The van der Waals surface area contributed by atoms with Gasteiger partial charge in [0, 0.05) is 12.1 Å². The topological polar surface area (TPSA) is 91.5 Å². The van der Waals surface area contributed by atoms with Crippen molar-refractivity contribution in [2.24, 2.45) is 5.92 Å². The van der Waals surface area contributed by atoms with Crippen molar-refractivity contribution in [2.45, 2.75) is 25.7 Å². The first-order chi connectivity index (χ1) is 9.97. The standard InChI is InChI=1S/C13H12F2N4O2/c1-5-6(7-2-8(7)11(14)15)3-10(19-18-5)9-4-16-13(21)17-12(9)20/h3-4,7-8,11H,2H2,1H3,(H2,16,17,20,21). The summed E-state index contributed by atoms with van der Waals surface area (Å²) in [6, 6.07) is 1.60. The van der Waals surface area contributed by atoms with Crippen LogP contribution >= 0.6 is 0 Å². The first kappa shape index (κ1) is 13.6. The predicted molar refractivity (Wildman–Crippen MR) is 70.3 cm³/mol. The van der Waals surface area contributed by atoms with E-state index in [0.29, 0.717) is 17.7 Å². The van der Waals surface area contributed by atoms with Gasteiger partial charge in [0.25, 0.3) is 5.56 Å². The molecule has 1 aliphatic carbocycles. The number of hydrogen-bond donors (Lipinski definition) is 2. The van der Waals surface area contributed by atoms with Gasteiger partial charge in [-0.3, -0.25) is 9.78 Å². The van der Waals surface area contributed by atoms with Gasteiger partial charge in [0.15, 0.2) is 0 Å². The molecule has 2 atom stereocenters. The van der Waals surface area contributed by atoms with Crippen molar-refractivity contribution in [3.8, 4) is 11.3 Å². The van der Waals surface area contributed by atoms with Crippen LogP contribution in [0.15, 0.2) is 21.9 Å². The largest absolute Gasteiger partial charge is 0.325 e. The lowest BCUT2D eigenvalue weighted by molar-refractivity contribution is 0.120. The molecule has 110 valence electrons. The smallest absolute Gasteiger partial charge is 0.313 e. The molecule has 3 rings (SSSR count). The summed E-state index contributed by atoms with van der Waals surface area (Å²) in [5.74, 6) is -0.907. The second-order valence-corrected chi connectivity index (χ2v) is 5.10. The Hall–Kier alpha value is -2.38. The zero-order chi connectivity index (χ0) is 15.1. The Morgan fingerprint density at radius 3 is 2.71 bits per heavy atom. The molecule has 2 unspecified atom stereocenters. The molecule has 8 heteroatoms. The fourth-order valence-electron chi connectivity index (χ4n) is 2.42. The van der Waals surface area contributed by atoms with Crippen LogP contribution in [0.25, 0.3) is 11.3 Å². The number of alkyl halides is 2. The van der Waals surface area contributed by atoms with E-state index in [9.17, 15) is 18.4 Å². The minimum absolute atomic E-state index is 0.151. The first-order valence-electron chi connectivity index (χ1n) is 6.42. The fraction of sp³-hybridized carbons (Fsp3) is 0.385. The van der Waals surface area contributed by atoms with E-state index in [2.05, 4.69) is 20.2 Å². The molecule has 1 saturated carbocycles. The number of hydrogen-bond acceptors (Lipinski definition) is 4. The quantitative estimate of drug-likeness (QED) is 0.889. The maximum Gasteiger partial charge on any atom is 0.325 e. The van der Waals surface area contributed by atoms with Crippen molar-refractivity contribution in [1.29, 1.82) is 0 Å². The number of halogens is 2. The van der Waals surface area contributed by atoms with Crippen molar-refractivity contribution >= 4 is 0 Å². The maximum atomic E-state index is 12.7. The second kappa shape index (κ2) is 4.87. The van der Waals surface area contributed by atoms with Crippen molar-refractivity contribution in [3.05, 3.63) is 44.4 Å². The van der Waals surface area contributed by atoms with E-state index in [1.807, 2.05) is 0 Å². The van der Waals surface area contributed by atoms with Gasteiger partial charge in [0.05, 0.1) is 11.3 Å². The number of nitrogens with zero attached hydrogens (tertiary/aromatic N) is 2. The number of aromatic nitrogens is 4. The molecule has 0 amide bonds. The highest BCUT2D eigenvalue weighted by Gasteiger charge is 2.46. The summed E-state index contributed by atoms with van der Waals surface area (Å²) in [7, 11) is 0. The average Bonchev–Trinajstić information content (AvgIpc) is 3.20. The Bertz CT molecular complexity index is 799. The lowest BCUT2D eigenvalue weighted by Crippen LogP contribution is -2.23. The average molecular weight is 294 g/mol. The highest BCUT2D eigenvalue weighted by atomic mass is 19.3. The van der Waals surface area contributed by atoms with E-state index < -0.39 is 23.6 Å². The lowest BCUT2D eigenvalue weighted by atomic mass is 10.1. The Balaban J connectivity index is 2.02. The van der Waals surface area contributed by atoms with Crippen molar-refractivity contribution in [1.82, 2.24) is 20.2 Å². The SMILES string of the molecule is Cc1nnc(-c2c[nH]c(=O)[nH]c2=O)cc1C1CC1C(F)F. The maximum absolute atomic E-state index is 12.7. The van der Waals surface area contributed by atoms with E-state index in [1.54, 1.807) is 13.0 Å². The highest BCUT2D eigenvalue weighted by Crippen LogP contribution is 2.51. The van der Waals surface area contributed by atoms with E-state index in [1.165, 1.54) is 6.20 Å². The minimum Gasteiger partial charge on any atom is -0.313 e. The molecule has 21 heavy (non-hydrogen) atoms. The van der Waals surface area contributed by atoms with E-state index in [-0.39, 0.29) is 17.2 Å². The van der Waals surface area contributed by atoms with Gasteiger partial charge in [-0.15, -0.1) is 5.10 Å². The van der Waals surface area contributed by atoms with Crippen LogP contribution in [0.2, 0.25) is 0 Å². The van der Waals surface area contributed by atoms with Crippen molar-refractivity contribution < 1.29 is 8.78 Å². The van der Waals surface area contributed by atoms with Crippen LogP contribution in [-0.4, -0.2) is 26.6 Å². The first-order valence-corrected chi connectivity index (χ1v) is 6.42. The molecule has 0 radical (unpaired) electrons. The Morgan fingerprint density at radius 1 is 1.33 bits per heavy atom. The summed E-state index contributed by atoms with van der Waals surface area (Å²) >= 11 is 0. The molecule has 2 aromatic heterocycles. The molecule has 1 aliphatic rings. The fourth-order valence-corrected chi connectivity index (χ4v) is 2.42. The monoisotopic (exact) mass is 294 g/mol. The van der Waals surface area contributed by atoms with E-state index >= 15 is 0 Å².